The Morgan fingerprint density at radius 1 is 1.64 bits per heavy atom. The number of nitriles is 1. The minimum Gasteiger partial charge on any atom is -0.398 e. The summed E-state index contributed by atoms with van der Waals surface area (Å²) in [6.07, 6.45) is 0. The molecule has 72 valence electrons. The van der Waals surface area contributed by atoms with E-state index in [2.05, 4.69) is 0 Å². The Morgan fingerprint density at radius 3 is 2.79 bits per heavy atom. The zero-order chi connectivity index (χ0) is 10.7. The second-order valence-electron chi connectivity index (χ2n) is 2.59. The number of ketones is 1. The molecule has 0 aromatic heterocycles. The molecule has 1 aromatic rings. The van der Waals surface area contributed by atoms with Gasteiger partial charge in [0.1, 0.15) is 11.9 Å². The van der Waals surface area contributed by atoms with Gasteiger partial charge in [-0.25, -0.2) is 4.39 Å². The molecule has 0 spiro atoms. The van der Waals surface area contributed by atoms with Gasteiger partial charge in [-0.2, -0.15) is 5.26 Å². The van der Waals surface area contributed by atoms with Crippen LogP contribution in [-0.4, -0.2) is 11.7 Å². The molecule has 0 bridgehead atoms. The fourth-order valence-electron chi connectivity index (χ4n) is 0.971. The van der Waals surface area contributed by atoms with Crippen molar-refractivity contribution in [1.29, 1.82) is 5.26 Å². The van der Waals surface area contributed by atoms with Crippen LogP contribution in [0.25, 0.3) is 0 Å². The molecule has 0 aliphatic heterocycles. The molecule has 0 radical (unpaired) electrons. The lowest BCUT2D eigenvalue weighted by molar-refractivity contribution is 0.101. The Bertz CT molecular complexity index is 426. The lowest BCUT2D eigenvalue weighted by Crippen LogP contribution is -2.06. The highest BCUT2D eigenvalue weighted by molar-refractivity contribution is 6.30. The van der Waals surface area contributed by atoms with Crippen molar-refractivity contribution in [2.24, 2.45) is 0 Å². The monoisotopic (exact) mass is 212 g/mol. The fraction of sp³-hybridized carbons (Fsp3) is 0.111. The molecule has 2 N–H and O–H groups in total. The van der Waals surface area contributed by atoms with Crippen LogP contribution in [0.3, 0.4) is 0 Å². The molecular formula is C9H6ClFN2O. The summed E-state index contributed by atoms with van der Waals surface area (Å²) in [5, 5.41) is 8.59. The summed E-state index contributed by atoms with van der Waals surface area (Å²) < 4.78 is 13.1. The van der Waals surface area contributed by atoms with Crippen molar-refractivity contribution in [3.05, 3.63) is 29.1 Å². The van der Waals surface area contributed by atoms with Crippen LogP contribution < -0.4 is 5.73 Å². The van der Waals surface area contributed by atoms with Gasteiger partial charge in [-0.05, 0) is 12.1 Å². The number of rotatable bonds is 2. The van der Waals surface area contributed by atoms with E-state index < -0.39 is 11.6 Å². The van der Waals surface area contributed by atoms with Crippen LogP contribution in [0.1, 0.15) is 15.9 Å². The first-order valence-electron chi connectivity index (χ1n) is 3.68. The van der Waals surface area contributed by atoms with Crippen molar-refractivity contribution in [3.8, 4) is 6.07 Å². The summed E-state index contributed by atoms with van der Waals surface area (Å²) in [6.45, 7) is 0. The first kappa shape index (κ1) is 10.5. The smallest absolute Gasteiger partial charge is 0.180 e. The third-order valence-corrected chi connectivity index (χ3v) is 1.92. The van der Waals surface area contributed by atoms with E-state index in [0.717, 1.165) is 12.1 Å². The van der Waals surface area contributed by atoms with E-state index in [4.69, 9.17) is 22.6 Å². The lowest BCUT2D eigenvalue weighted by atomic mass is 10.1. The lowest BCUT2D eigenvalue weighted by Gasteiger charge is -2.02. The van der Waals surface area contributed by atoms with Gasteiger partial charge >= 0.3 is 0 Å². The Balaban J connectivity index is 3.33. The molecule has 0 heterocycles. The van der Waals surface area contributed by atoms with Crippen LogP contribution in [0.5, 0.6) is 0 Å². The van der Waals surface area contributed by atoms with E-state index >= 15 is 0 Å². The van der Waals surface area contributed by atoms with Gasteiger partial charge in [-0.1, -0.05) is 0 Å². The number of alkyl halides is 1. The Kier molecular flexibility index (Phi) is 3.05. The summed E-state index contributed by atoms with van der Waals surface area (Å²) in [4.78, 5) is 11.1. The number of Topliss-reactive ketones (excluding diaryl/α,β-unsaturated/α-hetero) is 1. The maximum atomic E-state index is 13.1. The minimum absolute atomic E-state index is 0.0103. The Labute approximate surface area is 84.9 Å². The number of hydrogen-bond donors (Lipinski definition) is 1. The first-order valence-corrected chi connectivity index (χ1v) is 4.22. The van der Waals surface area contributed by atoms with Gasteiger partial charge in [0.25, 0.3) is 0 Å². The van der Waals surface area contributed by atoms with E-state index in [9.17, 15) is 9.18 Å². The van der Waals surface area contributed by atoms with Crippen LogP contribution in [0, 0.1) is 17.1 Å². The number of halogens is 2. The molecule has 5 heteroatoms. The summed E-state index contributed by atoms with van der Waals surface area (Å²) in [5.74, 6) is -1.65. The number of hydrogen-bond acceptors (Lipinski definition) is 3. The number of nitrogens with two attached hydrogens (primary N) is 1. The molecule has 0 atom stereocenters. The van der Waals surface area contributed by atoms with E-state index in [1.165, 1.54) is 0 Å². The van der Waals surface area contributed by atoms with E-state index in [0.29, 0.717) is 0 Å². The fourth-order valence-corrected chi connectivity index (χ4v) is 1.12. The molecule has 3 nitrogen and oxygen atoms in total. The SMILES string of the molecule is N#Cc1cc(C(=O)CCl)c(F)cc1N. The van der Waals surface area contributed by atoms with E-state index in [-0.39, 0.29) is 22.7 Å². The van der Waals surface area contributed by atoms with Crippen molar-refractivity contribution in [1.82, 2.24) is 0 Å². The van der Waals surface area contributed by atoms with Crippen molar-refractivity contribution in [3.63, 3.8) is 0 Å². The van der Waals surface area contributed by atoms with E-state index in [1.54, 1.807) is 6.07 Å². The third kappa shape index (κ3) is 1.83. The molecule has 0 amide bonds. The Morgan fingerprint density at radius 2 is 2.29 bits per heavy atom. The molecule has 0 fully saturated rings. The third-order valence-electron chi connectivity index (χ3n) is 1.68. The van der Waals surface area contributed by atoms with Gasteiger partial charge in [0.05, 0.1) is 22.7 Å². The van der Waals surface area contributed by atoms with Crippen molar-refractivity contribution < 1.29 is 9.18 Å². The molecule has 0 saturated carbocycles. The van der Waals surface area contributed by atoms with Crippen LogP contribution in [0.4, 0.5) is 10.1 Å². The predicted molar refractivity (Wildman–Crippen MR) is 50.6 cm³/mol. The zero-order valence-electron chi connectivity index (χ0n) is 7.05. The largest absolute Gasteiger partial charge is 0.398 e. The predicted octanol–water partition coefficient (Wildman–Crippen LogP) is 1.70. The number of nitrogen functional groups attached to an aromatic ring is 1. The minimum atomic E-state index is -0.757. The highest BCUT2D eigenvalue weighted by Gasteiger charge is 2.13. The summed E-state index contributed by atoms with van der Waals surface area (Å²) in [5.41, 5.74) is 5.21. The van der Waals surface area contributed by atoms with Crippen molar-refractivity contribution >= 4 is 23.1 Å². The van der Waals surface area contributed by atoms with Crippen LogP contribution in [0.2, 0.25) is 0 Å². The molecule has 0 unspecified atom stereocenters. The number of carbonyl (C=O) groups excluding carboxylic acids is 1. The number of carbonyl (C=O) groups is 1. The molecule has 0 aliphatic carbocycles. The van der Waals surface area contributed by atoms with Crippen LogP contribution >= 0.6 is 11.6 Å². The second kappa shape index (κ2) is 4.07. The summed E-state index contributed by atoms with van der Waals surface area (Å²) >= 11 is 5.26. The van der Waals surface area contributed by atoms with Crippen LogP contribution in [0.15, 0.2) is 12.1 Å². The van der Waals surface area contributed by atoms with Gasteiger partial charge in [-0.15, -0.1) is 11.6 Å². The number of benzene rings is 1. The normalized spacial score (nSPS) is 9.50. The Hall–Kier alpha value is -1.60. The van der Waals surface area contributed by atoms with Crippen LogP contribution in [-0.2, 0) is 0 Å². The molecule has 1 aromatic carbocycles. The second-order valence-corrected chi connectivity index (χ2v) is 2.86. The summed E-state index contributed by atoms with van der Waals surface area (Å²) in [7, 11) is 0. The standard InChI is InChI=1S/C9H6ClFN2O/c10-3-9(14)6-1-5(4-12)8(13)2-7(6)11/h1-2H,3,13H2. The average molecular weight is 213 g/mol. The molecule has 0 saturated heterocycles. The number of nitrogens with zero attached hydrogens (tertiary/aromatic N) is 1. The van der Waals surface area contributed by atoms with Gasteiger partial charge < -0.3 is 5.73 Å². The maximum absolute atomic E-state index is 13.1. The highest BCUT2D eigenvalue weighted by atomic mass is 35.5. The number of anilines is 1. The quantitative estimate of drug-likeness (QED) is 0.461. The van der Waals surface area contributed by atoms with Gasteiger partial charge in [0.15, 0.2) is 5.78 Å². The molecule has 0 aliphatic rings. The van der Waals surface area contributed by atoms with Gasteiger partial charge in [-0.3, -0.25) is 4.79 Å². The maximum Gasteiger partial charge on any atom is 0.180 e. The zero-order valence-corrected chi connectivity index (χ0v) is 7.81. The topological polar surface area (TPSA) is 66.9 Å². The highest BCUT2D eigenvalue weighted by Crippen LogP contribution is 2.18. The van der Waals surface area contributed by atoms with Crippen molar-refractivity contribution in [2.75, 3.05) is 11.6 Å². The summed E-state index contributed by atoms with van der Waals surface area (Å²) in [6, 6.07) is 3.80. The van der Waals surface area contributed by atoms with Crippen molar-refractivity contribution in [2.45, 2.75) is 0 Å². The van der Waals surface area contributed by atoms with Gasteiger partial charge in [0.2, 0.25) is 0 Å². The average Bonchev–Trinajstić information content (AvgIpc) is 2.17. The first-order chi connectivity index (χ1) is 6.60. The molecular weight excluding hydrogens is 207 g/mol. The molecule has 1 rings (SSSR count). The molecule has 14 heavy (non-hydrogen) atoms. The van der Waals surface area contributed by atoms with E-state index in [1.807, 2.05) is 0 Å². The van der Waals surface area contributed by atoms with Gasteiger partial charge in [0, 0.05) is 0 Å².